The van der Waals surface area contributed by atoms with Gasteiger partial charge < -0.3 is 4.74 Å². The molecule has 94 valence electrons. The Balaban J connectivity index is 2.32. The molecule has 0 amide bonds. The van der Waals surface area contributed by atoms with Crippen LogP contribution < -0.4 is 0 Å². The molecule has 0 saturated heterocycles. The monoisotopic (exact) mass is 250 g/mol. The predicted molar refractivity (Wildman–Crippen MR) is 75.5 cm³/mol. The zero-order chi connectivity index (χ0) is 13.7. The number of carbonyl (C=O) groups excluding carboxylic acids is 1. The molecule has 19 heavy (non-hydrogen) atoms. The van der Waals surface area contributed by atoms with Crippen LogP contribution in [0.5, 0.6) is 0 Å². The Labute approximate surface area is 113 Å². The third kappa shape index (κ3) is 3.23. The van der Waals surface area contributed by atoms with Gasteiger partial charge >= 0.3 is 5.97 Å². The lowest BCUT2D eigenvalue weighted by atomic mass is 10.0. The first kappa shape index (κ1) is 12.9. The van der Waals surface area contributed by atoms with E-state index in [-0.39, 0.29) is 12.4 Å². The smallest absolute Gasteiger partial charge is 0.309 e. The molecule has 0 N–H and O–H groups in total. The highest BCUT2D eigenvalue weighted by Crippen LogP contribution is 2.21. The first-order valence-electron chi connectivity index (χ1n) is 5.96. The molecule has 0 aliphatic heterocycles. The fourth-order valence-electron chi connectivity index (χ4n) is 1.89. The maximum absolute atomic E-state index is 11.3. The molecule has 0 heterocycles. The number of hydrogen-bond donors (Lipinski definition) is 0. The third-order valence-corrected chi connectivity index (χ3v) is 2.87. The van der Waals surface area contributed by atoms with Gasteiger partial charge in [0.15, 0.2) is 0 Å². The average molecular weight is 250 g/mol. The first-order chi connectivity index (χ1) is 9.22. The van der Waals surface area contributed by atoms with Crippen LogP contribution in [0.1, 0.15) is 11.1 Å². The molecule has 2 heteroatoms. The highest BCUT2D eigenvalue weighted by Gasteiger charge is 2.04. The number of rotatable bonds is 3. The van der Waals surface area contributed by atoms with Crippen molar-refractivity contribution in [3.05, 3.63) is 59.7 Å². The van der Waals surface area contributed by atoms with E-state index in [1.165, 1.54) is 7.11 Å². The minimum Gasteiger partial charge on any atom is -0.469 e. The summed E-state index contributed by atoms with van der Waals surface area (Å²) in [5.41, 5.74) is 3.85. The van der Waals surface area contributed by atoms with Crippen molar-refractivity contribution >= 4 is 5.97 Å². The molecule has 2 rings (SSSR count). The Hall–Kier alpha value is -2.53. The van der Waals surface area contributed by atoms with Crippen molar-refractivity contribution < 1.29 is 9.53 Å². The summed E-state index contributed by atoms with van der Waals surface area (Å²) in [4.78, 5) is 11.3. The summed E-state index contributed by atoms with van der Waals surface area (Å²) < 4.78 is 4.67. The van der Waals surface area contributed by atoms with E-state index in [0.29, 0.717) is 0 Å². The Morgan fingerprint density at radius 3 is 2.53 bits per heavy atom. The lowest BCUT2D eigenvalue weighted by Gasteiger charge is -2.05. The summed E-state index contributed by atoms with van der Waals surface area (Å²) >= 11 is 0. The number of benzene rings is 2. The van der Waals surface area contributed by atoms with Crippen molar-refractivity contribution in [2.75, 3.05) is 7.11 Å². The van der Waals surface area contributed by atoms with Gasteiger partial charge in [-0.25, -0.2) is 0 Å². The van der Waals surface area contributed by atoms with Crippen LogP contribution in [0.15, 0.2) is 48.5 Å². The number of terminal acetylenes is 1. The van der Waals surface area contributed by atoms with Crippen molar-refractivity contribution in [2.45, 2.75) is 6.42 Å². The zero-order valence-electron chi connectivity index (χ0n) is 10.7. The van der Waals surface area contributed by atoms with E-state index in [1.54, 1.807) is 0 Å². The van der Waals surface area contributed by atoms with E-state index < -0.39 is 0 Å². The van der Waals surface area contributed by atoms with E-state index in [9.17, 15) is 4.79 Å². The van der Waals surface area contributed by atoms with E-state index in [0.717, 1.165) is 22.3 Å². The van der Waals surface area contributed by atoms with E-state index in [4.69, 9.17) is 6.42 Å². The topological polar surface area (TPSA) is 26.3 Å². The fraction of sp³-hybridized carbons (Fsp3) is 0.118. The molecule has 0 bridgehead atoms. The minimum absolute atomic E-state index is 0.241. The van der Waals surface area contributed by atoms with Crippen molar-refractivity contribution in [1.82, 2.24) is 0 Å². The molecular formula is C17H14O2. The molecule has 0 atom stereocenters. The Kier molecular flexibility index (Phi) is 4.00. The molecular weight excluding hydrogens is 236 g/mol. The molecule has 0 radical (unpaired) electrons. The summed E-state index contributed by atoms with van der Waals surface area (Å²) in [5.74, 6) is 2.38. The van der Waals surface area contributed by atoms with Crippen LogP contribution in [0.25, 0.3) is 11.1 Å². The van der Waals surface area contributed by atoms with Crippen LogP contribution in [-0.2, 0) is 16.0 Å². The molecule has 0 aromatic heterocycles. The van der Waals surface area contributed by atoms with Gasteiger partial charge in [-0.1, -0.05) is 42.3 Å². The standard InChI is InChI=1S/C17H14O2/c1-3-13-6-4-8-15(10-13)16-9-5-7-14(11-16)12-17(18)19-2/h1,4-11H,12H2,2H3. The maximum atomic E-state index is 11.3. The quantitative estimate of drug-likeness (QED) is 0.618. The molecule has 0 fully saturated rings. The van der Waals surface area contributed by atoms with Gasteiger partial charge in [-0.05, 0) is 28.8 Å². The second-order valence-corrected chi connectivity index (χ2v) is 4.18. The van der Waals surface area contributed by atoms with Crippen LogP contribution in [-0.4, -0.2) is 13.1 Å². The molecule has 0 saturated carbocycles. The van der Waals surface area contributed by atoms with Gasteiger partial charge in [-0.2, -0.15) is 0 Å². The van der Waals surface area contributed by atoms with E-state index in [1.807, 2.05) is 48.5 Å². The third-order valence-electron chi connectivity index (χ3n) is 2.87. The van der Waals surface area contributed by atoms with Crippen molar-refractivity contribution in [2.24, 2.45) is 0 Å². The van der Waals surface area contributed by atoms with Gasteiger partial charge in [-0.15, -0.1) is 6.42 Å². The molecule has 0 unspecified atom stereocenters. The highest BCUT2D eigenvalue weighted by molar-refractivity contribution is 5.74. The SMILES string of the molecule is C#Cc1cccc(-c2cccc(CC(=O)OC)c2)c1. The molecule has 2 aromatic rings. The molecule has 2 nitrogen and oxygen atoms in total. The number of esters is 1. The van der Waals surface area contributed by atoms with Crippen LogP contribution in [0, 0.1) is 12.3 Å². The average Bonchev–Trinajstić information content (AvgIpc) is 2.47. The van der Waals surface area contributed by atoms with Gasteiger partial charge in [0.25, 0.3) is 0 Å². The lowest BCUT2D eigenvalue weighted by Crippen LogP contribution is -2.04. The second-order valence-electron chi connectivity index (χ2n) is 4.18. The summed E-state index contributed by atoms with van der Waals surface area (Å²) in [6.07, 6.45) is 5.68. The number of hydrogen-bond acceptors (Lipinski definition) is 2. The predicted octanol–water partition coefficient (Wildman–Crippen LogP) is 3.05. The summed E-state index contributed by atoms with van der Waals surface area (Å²) in [7, 11) is 1.39. The van der Waals surface area contributed by atoms with Gasteiger partial charge in [0.1, 0.15) is 0 Å². The van der Waals surface area contributed by atoms with Crippen LogP contribution in [0.3, 0.4) is 0 Å². The summed E-state index contributed by atoms with van der Waals surface area (Å²) in [5, 5.41) is 0. The number of carbonyl (C=O) groups is 1. The summed E-state index contributed by atoms with van der Waals surface area (Å²) in [6.45, 7) is 0. The maximum Gasteiger partial charge on any atom is 0.309 e. The van der Waals surface area contributed by atoms with Gasteiger partial charge in [0.05, 0.1) is 13.5 Å². The zero-order valence-corrected chi connectivity index (χ0v) is 10.7. The second kappa shape index (κ2) is 5.88. The Morgan fingerprint density at radius 1 is 1.16 bits per heavy atom. The van der Waals surface area contributed by atoms with Crippen LogP contribution in [0.2, 0.25) is 0 Å². The Bertz CT molecular complexity index is 636. The molecule has 2 aromatic carbocycles. The minimum atomic E-state index is -0.241. The fourth-order valence-corrected chi connectivity index (χ4v) is 1.89. The largest absolute Gasteiger partial charge is 0.469 e. The summed E-state index contributed by atoms with van der Waals surface area (Å²) in [6, 6.07) is 15.6. The molecule has 0 spiro atoms. The van der Waals surface area contributed by atoms with Crippen molar-refractivity contribution in [3.8, 4) is 23.5 Å². The van der Waals surface area contributed by atoms with Gasteiger partial charge in [-0.3, -0.25) is 4.79 Å². The molecule has 0 aliphatic carbocycles. The normalized spacial score (nSPS) is 9.68. The number of ether oxygens (including phenoxy) is 1. The molecule has 0 aliphatic rings. The number of methoxy groups -OCH3 is 1. The van der Waals surface area contributed by atoms with E-state index in [2.05, 4.69) is 10.7 Å². The van der Waals surface area contributed by atoms with Crippen LogP contribution in [0.4, 0.5) is 0 Å². The first-order valence-corrected chi connectivity index (χ1v) is 5.96. The van der Waals surface area contributed by atoms with Gasteiger partial charge in [0, 0.05) is 5.56 Å². The van der Waals surface area contributed by atoms with Crippen molar-refractivity contribution in [3.63, 3.8) is 0 Å². The highest BCUT2D eigenvalue weighted by atomic mass is 16.5. The van der Waals surface area contributed by atoms with E-state index >= 15 is 0 Å². The lowest BCUT2D eigenvalue weighted by molar-refractivity contribution is -0.139. The van der Waals surface area contributed by atoms with Crippen molar-refractivity contribution in [1.29, 1.82) is 0 Å². The van der Waals surface area contributed by atoms with Crippen LogP contribution >= 0.6 is 0 Å². The van der Waals surface area contributed by atoms with Gasteiger partial charge in [0.2, 0.25) is 0 Å². The Morgan fingerprint density at radius 2 is 1.84 bits per heavy atom.